The first-order valence-corrected chi connectivity index (χ1v) is 8.65. The molecule has 0 saturated carbocycles. The SMILES string of the molecule is CC1CN(C(=O)CCCOc2cccc(Br)c2)CCC1C(=O)O. The van der Waals surface area contributed by atoms with Crippen LogP contribution in [-0.4, -0.2) is 41.6 Å². The third kappa shape index (κ3) is 5.23. The van der Waals surface area contributed by atoms with E-state index in [9.17, 15) is 9.59 Å². The topological polar surface area (TPSA) is 66.8 Å². The van der Waals surface area contributed by atoms with Gasteiger partial charge < -0.3 is 14.7 Å². The van der Waals surface area contributed by atoms with E-state index in [-0.39, 0.29) is 17.7 Å². The predicted octanol–water partition coefficient (Wildman–Crippen LogP) is 3.18. The van der Waals surface area contributed by atoms with Gasteiger partial charge in [0.2, 0.25) is 5.91 Å². The lowest BCUT2D eigenvalue weighted by atomic mass is 9.87. The van der Waals surface area contributed by atoms with E-state index in [1.807, 2.05) is 31.2 Å². The molecule has 0 aromatic heterocycles. The lowest BCUT2D eigenvalue weighted by molar-refractivity contribution is -0.148. The number of nitrogens with zero attached hydrogens (tertiary/aromatic N) is 1. The third-order valence-electron chi connectivity index (χ3n) is 4.17. The molecule has 1 saturated heterocycles. The van der Waals surface area contributed by atoms with Crippen molar-refractivity contribution in [2.45, 2.75) is 26.2 Å². The van der Waals surface area contributed by atoms with E-state index in [2.05, 4.69) is 15.9 Å². The minimum atomic E-state index is -0.757. The van der Waals surface area contributed by atoms with Crippen LogP contribution in [0.1, 0.15) is 26.2 Å². The number of likely N-dealkylation sites (tertiary alicyclic amines) is 1. The van der Waals surface area contributed by atoms with Gasteiger partial charge in [0.15, 0.2) is 0 Å². The number of rotatable bonds is 6. The second-order valence-electron chi connectivity index (χ2n) is 5.96. The maximum absolute atomic E-state index is 12.2. The summed E-state index contributed by atoms with van der Waals surface area (Å²) in [6.45, 7) is 3.45. The van der Waals surface area contributed by atoms with Gasteiger partial charge in [0.1, 0.15) is 5.75 Å². The molecular formula is C17H22BrNO4. The van der Waals surface area contributed by atoms with Crippen molar-refractivity contribution in [1.82, 2.24) is 4.90 Å². The molecule has 1 aliphatic heterocycles. The van der Waals surface area contributed by atoms with Gasteiger partial charge in [0, 0.05) is 24.0 Å². The summed E-state index contributed by atoms with van der Waals surface area (Å²) >= 11 is 3.38. The lowest BCUT2D eigenvalue weighted by Gasteiger charge is -2.35. The van der Waals surface area contributed by atoms with Gasteiger partial charge in [-0.2, -0.15) is 0 Å². The van der Waals surface area contributed by atoms with E-state index in [1.54, 1.807) is 4.90 Å². The summed E-state index contributed by atoms with van der Waals surface area (Å²) in [7, 11) is 0. The first kappa shape index (κ1) is 17.8. The molecule has 5 nitrogen and oxygen atoms in total. The normalized spacial score (nSPS) is 21.0. The molecule has 1 N–H and O–H groups in total. The zero-order valence-corrected chi connectivity index (χ0v) is 14.8. The summed E-state index contributed by atoms with van der Waals surface area (Å²) in [5.74, 6) is -0.227. The molecule has 1 amide bonds. The molecule has 1 aliphatic rings. The van der Waals surface area contributed by atoms with Crippen LogP contribution in [0.15, 0.2) is 28.7 Å². The largest absolute Gasteiger partial charge is 0.494 e. The van der Waals surface area contributed by atoms with E-state index < -0.39 is 5.97 Å². The number of carboxylic acids is 1. The Morgan fingerprint density at radius 3 is 2.87 bits per heavy atom. The highest BCUT2D eigenvalue weighted by Gasteiger charge is 2.32. The molecule has 1 aromatic rings. The van der Waals surface area contributed by atoms with Crippen LogP contribution in [0, 0.1) is 11.8 Å². The smallest absolute Gasteiger partial charge is 0.306 e. The zero-order valence-electron chi connectivity index (χ0n) is 13.2. The molecule has 0 bridgehead atoms. The van der Waals surface area contributed by atoms with Gasteiger partial charge in [-0.05, 0) is 37.0 Å². The standard InChI is InChI=1S/C17H22BrNO4/c1-12-11-19(8-7-15(12)17(21)22)16(20)6-3-9-23-14-5-2-4-13(18)10-14/h2,4-5,10,12,15H,3,6-9,11H2,1H3,(H,21,22). The molecule has 126 valence electrons. The Labute approximate surface area is 144 Å². The van der Waals surface area contributed by atoms with Crippen LogP contribution in [0.2, 0.25) is 0 Å². The maximum atomic E-state index is 12.2. The Kier molecular flexibility index (Phi) is 6.45. The Hall–Kier alpha value is -1.56. The molecule has 2 unspecified atom stereocenters. The number of ether oxygens (including phenoxy) is 1. The number of aliphatic carboxylic acids is 1. The molecule has 1 aromatic carbocycles. The van der Waals surface area contributed by atoms with Gasteiger partial charge in [-0.15, -0.1) is 0 Å². The fourth-order valence-electron chi connectivity index (χ4n) is 2.87. The fraction of sp³-hybridized carbons (Fsp3) is 0.529. The van der Waals surface area contributed by atoms with Gasteiger partial charge >= 0.3 is 5.97 Å². The van der Waals surface area contributed by atoms with Crippen molar-refractivity contribution in [2.24, 2.45) is 11.8 Å². The highest BCUT2D eigenvalue weighted by molar-refractivity contribution is 9.10. The van der Waals surface area contributed by atoms with Gasteiger partial charge in [-0.1, -0.05) is 28.9 Å². The Morgan fingerprint density at radius 1 is 1.43 bits per heavy atom. The van der Waals surface area contributed by atoms with Crippen molar-refractivity contribution >= 4 is 27.8 Å². The molecule has 1 fully saturated rings. The van der Waals surface area contributed by atoms with Gasteiger partial charge in [-0.3, -0.25) is 9.59 Å². The Bertz CT molecular complexity index is 563. The minimum absolute atomic E-state index is 0.00289. The average molecular weight is 384 g/mol. The van der Waals surface area contributed by atoms with E-state index in [1.165, 1.54) is 0 Å². The summed E-state index contributed by atoms with van der Waals surface area (Å²) in [4.78, 5) is 25.1. The van der Waals surface area contributed by atoms with Crippen molar-refractivity contribution < 1.29 is 19.4 Å². The summed E-state index contributed by atoms with van der Waals surface area (Å²) in [5.41, 5.74) is 0. The van der Waals surface area contributed by atoms with Gasteiger partial charge in [-0.25, -0.2) is 0 Å². The second kappa shape index (κ2) is 8.34. The molecule has 0 aliphatic carbocycles. The number of halogens is 1. The number of amides is 1. The number of piperidine rings is 1. The first-order chi connectivity index (χ1) is 11.0. The van der Waals surface area contributed by atoms with Crippen molar-refractivity contribution in [3.05, 3.63) is 28.7 Å². The van der Waals surface area contributed by atoms with Crippen molar-refractivity contribution in [3.8, 4) is 5.75 Å². The van der Waals surface area contributed by atoms with Gasteiger partial charge in [0.25, 0.3) is 0 Å². The zero-order chi connectivity index (χ0) is 16.8. The van der Waals surface area contributed by atoms with E-state index in [0.717, 1.165) is 10.2 Å². The third-order valence-corrected chi connectivity index (χ3v) is 4.67. The quantitative estimate of drug-likeness (QED) is 0.766. The summed E-state index contributed by atoms with van der Waals surface area (Å²) in [5, 5.41) is 9.11. The molecule has 0 radical (unpaired) electrons. The van der Waals surface area contributed by atoms with Crippen molar-refractivity contribution in [1.29, 1.82) is 0 Å². The molecule has 1 heterocycles. The number of hydrogen-bond acceptors (Lipinski definition) is 3. The Balaban J connectivity index is 1.70. The summed E-state index contributed by atoms with van der Waals surface area (Å²) in [6, 6.07) is 7.60. The highest BCUT2D eigenvalue weighted by Crippen LogP contribution is 2.24. The number of carboxylic acid groups (broad SMARTS) is 1. The molecular weight excluding hydrogens is 362 g/mol. The summed E-state index contributed by atoms with van der Waals surface area (Å²) < 4.78 is 6.58. The van der Waals surface area contributed by atoms with Crippen LogP contribution in [0.3, 0.4) is 0 Å². The van der Waals surface area contributed by atoms with E-state index in [4.69, 9.17) is 9.84 Å². The van der Waals surface area contributed by atoms with Crippen LogP contribution < -0.4 is 4.74 Å². The minimum Gasteiger partial charge on any atom is -0.494 e. The van der Waals surface area contributed by atoms with Crippen LogP contribution in [0.4, 0.5) is 0 Å². The highest BCUT2D eigenvalue weighted by atomic mass is 79.9. The average Bonchev–Trinajstić information content (AvgIpc) is 2.51. The number of hydrogen-bond donors (Lipinski definition) is 1. The van der Waals surface area contributed by atoms with Gasteiger partial charge in [0.05, 0.1) is 12.5 Å². The van der Waals surface area contributed by atoms with Crippen molar-refractivity contribution in [2.75, 3.05) is 19.7 Å². The van der Waals surface area contributed by atoms with Crippen LogP contribution in [0.25, 0.3) is 0 Å². The molecule has 6 heteroatoms. The first-order valence-electron chi connectivity index (χ1n) is 7.86. The molecule has 23 heavy (non-hydrogen) atoms. The second-order valence-corrected chi connectivity index (χ2v) is 6.88. The van der Waals surface area contributed by atoms with Crippen LogP contribution >= 0.6 is 15.9 Å². The van der Waals surface area contributed by atoms with Crippen molar-refractivity contribution in [3.63, 3.8) is 0 Å². The fourth-order valence-corrected chi connectivity index (χ4v) is 3.25. The van der Waals surface area contributed by atoms with E-state index >= 15 is 0 Å². The van der Waals surface area contributed by atoms with E-state index in [0.29, 0.717) is 39.0 Å². The maximum Gasteiger partial charge on any atom is 0.306 e. The number of carbonyl (C=O) groups is 2. The number of benzene rings is 1. The molecule has 2 atom stereocenters. The molecule has 2 rings (SSSR count). The summed E-state index contributed by atoms with van der Waals surface area (Å²) in [6.07, 6.45) is 1.62. The Morgan fingerprint density at radius 2 is 2.22 bits per heavy atom. The number of carbonyl (C=O) groups excluding carboxylic acids is 1. The van der Waals surface area contributed by atoms with Crippen LogP contribution in [0.5, 0.6) is 5.75 Å². The van der Waals surface area contributed by atoms with Crippen LogP contribution in [-0.2, 0) is 9.59 Å². The monoisotopic (exact) mass is 383 g/mol. The predicted molar refractivity (Wildman–Crippen MR) is 90.4 cm³/mol. The lowest BCUT2D eigenvalue weighted by Crippen LogP contribution is -2.45. The molecule has 0 spiro atoms.